The van der Waals surface area contributed by atoms with Crippen LogP contribution in [0.3, 0.4) is 0 Å². The summed E-state index contributed by atoms with van der Waals surface area (Å²) >= 11 is 0. The Kier molecular flexibility index (Phi) is 7.37. The van der Waals surface area contributed by atoms with E-state index in [0.717, 1.165) is 24.1 Å². The van der Waals surface area contributed by atoms with Gasteiger partial charge >= 0.3 is 12.1 Å². The molecule has 7 nitrogen and oxygen atoms in total. The van der Waals surface area contributed by atoms with Crippen molar-refractivity contribution in [2.45, 2.75) is 19.1 Å². The molecule has 1 atom stereocenters. The molecule has 25 heavy (non-hydrogen) atoms. The average Bonchev–Trinajstić information content (AvgIpc) is 2.88. The maximum Gasteiger partial charge on any atom is 0.490 e. The van der Waals surface area contributed by atoms with E-state index in [9.17, 15) is 18.0 Å². The van der Waals surface area contributed by atoms with Crippen molar-refractivity contribution in [3.8, 4) is 0 Å². The summed E-state index contributed by atoms with van der Waals surface area (Å²) in [5.74, 6) is 2.53. The number of carboxylic acid groups (broad SMARTS) is 1. The number of amides is 1. The number of aliphatic carboxylic acids is 1. The van der Waals surface area contributed by atoms with Crippen LogP contribution >= 0.6 is 0 Å². The molecular weight excluding hydrogens is 341 g/mol. The number of hydrogen-bond donors (Lipinski definition) is 3. The van der Waals surface area contributed by atoms with Crippen molar-refractivity contribution in [3.63, 3.8) is 0 Å². The topological polar surface area (TPSA) is 122 Å². The lowest BCUT2D eigenvalue weighted by atomic mass is 10.1. The van der Waals surface area contributed by atoms with Crippen LogP contribution < -0.4 is 11.6 Å². The van der Waals surface area contributed by atoms with Gasteiger partial charge in [0.15, 0.2) is 0 Å². The number of nitrogens with two attached hydrogens (primary N) is 2. The fourth-order valence-corrected chi connectivity index (χ4v) is 2.26. The summed E-state index contributed by atoms with van der Waals surface area (Å²) in [5, 5.41) is 10.6. The second kappa shape index (κ2) is 9.02. The van der Waals surface area contributed by atoms with Crippen LogP contribution in [-0.4, -0.2) is 47.4 Å². The lowest BCUT2D eigenvalue weighted by Crippen LogP contribution is -2.29. The molecule has 5 N–H and O–H groups in total. The van der Waals surface area contributed by atoms with Gasteiger partial charge in [-0.3, -0.25) is 4.79 Å². The molecule has 1 aromatic rings. The number of carbonyl (C=O) groups excluding carboxylic acids is 1. The van der Waals surface area contributed by atoms with E-state index in [4.69, 9.17) is 21.5 Å². The third kappa shape index (κ3) is 6.42. The second-order valence-electron chi connectivity index (χ2n) is 5.31. The molecular formula is C15H19F3N4O3. The fraction of sp³-hybridized carbons (Fsp3) is 0.400. The monoisotopic (exact) mass is 360 g/mol. The number of hydrazone groups is 1. The molecule has 0 unspecified atom stereocenters. The van der Waals surface area contributed by atoms with Crippen molar-refractivity contribution in [2.24, 2.45) is 22.6 Å². The molecule has 0 aliphatic carbocycles. The van der Waals surface area contributed by atoms with E-state index >= 15 is 0 Å². The van der Waals surface area contributed by atoms with Crippen LogP contribution in [0.2, 0.25) is 0 Å². The smallest absolute Gasteiger partial charge is 0.475 e. The molecule has 0 aromatic heterocycles. The summed E-state index contributed by atoms with van der Waals surface area (Å²) in [6.07, 6.45) is -2.63. The predicted octanol–water partition coefficient (Wildman–Crippen LogP) is 0.920. The van der Waals surface area contributed by atoms with Crippen LogP contribution in [-0.2, 0) is 16.1 Å². The van der Waals surface area contributed by atoms with Crippen molar-refractivity contribution in [3.05, 3.63) is 35.4 Å². The quantitative estimate of drug-likeness (QED) is 0.419. The highest BCUT2D eigenvalue weighted by Crippen LogP contribution is 2.19. The van der Waals surface area contributed by atoms with Crippen molar-refractivity contribution >= 4 is 18.1 Å². The molecule has 10 heteroatoms. The zero-order valence-corrected chi connectivity index (χ0v) is 13.2. The normalized spacial score (nSPS) is 17.5. The predicted molar refractivity (Wildman–Crippen MR) is 84.5 cm³/mol. The molecule has 138 valence electrons. The number of carboxylic acids is 1. The van der Waals surface area contributed by atoms with Crippen LogP contribution in [0.5, 0.6) is 0 Å². The minimum atomic E-state index is -5.08. The number of hydrogen-bond acceptors (Lipinski definition) is 5. The van der Waals surface area contributed by atoms with Gasteiger partial charge < -0.3 is 21.6 Å². The van der Waals surface area contributed by atoms with E-state index in [1.165, 1.54) is 0 Å². The van der Waals surface area contributed by atoms with E-state index in [-0.39, 0.29) is 11.8 Å². The zero-order valence-electron chi connectivity index (χ0n) is 13.2. The molecule has 1 aliphatic heterocycles. The molecule has 1 fully saturated rings. The highest BCUT2D eigenvalue weighted by Gasteiger charge is 2.38. The minimum Gasteiger partial charge on any atom is -0.475 e. The van der Waals surface area contributed by atoms with Crippen molar-refractivity contribution in [1.29, 1.82) is 0 Å². The number of carbonyl (C=O) groups is 2. The van der Waals surface area contributed by atoms with Gasteiger partial charge in [0.2, 0.25) is 5.91 Å². The Labute approximate surface area is 142 Å². The number of alkyl halides is 3. The third-order valence-electron chi connectivity index (χ3n) is 3.48. The van der Waals surface area contributed by atoms with E-state index in [1.807, 2.05) is 29.2 Å². The Morgan fingerprint density at radius 1 is 1.44 bits per heavy atom. The number of halogens is 3. The third-order valence-corrected chi connectivity index (χ3v) is 3.48. The maximum atomic E-state index is 12.0. The van der Waals surface area contributed by atoms with Gasteiger partial charge in [-0.25, -0.2) is 4.79 Å². The summed E-state index contributed by atoms with van der Waals surface area (Å²) < 4.78 is 31.7. The van der Waals surface area contributed by atoms with Crippen LogP contribution in [0.25, 0.3) is 0 Å². The molecule has 1 saturated heterocycles. The Morgan fingerprint density at radius 2 is 2.08 bits per heavy atom. The largest absolute Gasteiger partial charge is 0.490 e. The summed E-state index contributed by atoms with van der Waals surface area (Å²) in [4.78, 5) is 22.7. The number of rotatable bonds is 4. The number of benzene rings is 1. The Balaban J connectivity index is 0.000000381. The number of nitrogens with zero attached hydrogens (tertiary/aromatic N) is 2. The first-order chi connectivity index (χ1) is 11.7. The van der Waals surface area contributed by atoms with E-state index in [1.54, 1.807) is 6.21 Å². The highest BCUT2D eigenvalue weighted by atomic mass is 19.4. The number of likely N-dealkylation sites (tertiary alicyclic amines) is 1. The zero-order chi connectivity index (χ0) is 19.0. The van der Waals surface area contributed by atoms with E-state index in [0.29, 0.717) is 13.1 Å². The van der Waals surface area contributed by atoms with Gasteiger partial charge in [-0.2, -0.15) is 18.3 Å². The summed E-state index contributed by atoms with van der Waals surface area (Å²) in [6.45, 7) is 1.85. The summed E-state index contributed by atoms with van der Waals surface area (Å²) in [6, 6.07) is 7.85. The van der Waals surface area contributed by atoms with Gasteiger partial charge in [-0.15, -0.1) is 0 Å². The standard InChI is InChI=1S/C13H18N4O.C2HF3O2/c14-7-12-4-5-17(13(12)18)9-11-3-1-2-10(6-11)8-16-15;3-2(4,5)1(6)7/h1-3,6,8,12H,4-5,7,9,14-15H2;(H,6,7)/t12-;/m0./s1. The summed E-state index contributed by atoms with van der Waals surface area (Å²) in [5.41, 5.74) is 7.59. The first-order valence-electron chi connectivity index (χ1n) is 7.30. The first-order valence-corrected chi connectivity index (χ1v) is 7.30. The lowest BCUT2D eigenvalue weighted by molar-refractivity contribution is -0.192. The average molecular weight is 360 g/mol. The van der Waals surface area contributed by atoms with Crippen molar-refractivity contribution < 1.29 is 27.9 Å². The Bertz CT molecular complexity index is 635. The van der Waals surface area contributed by atoms with Gasteiger partial charge in [-0.1, -0.05) is 18.2 Å². The van der Waals surface area contributed by atoms with Crippen molar-refractivity contribution in [2.75, 3.05) is 13.1 Å². The molecule has 1 aliphatic rings. The van der Waals surface area contributed by atoms with Crippen LogP contribution in [0, 0.1) is 5.92 Å². The minimum absolute atomic E-state index is 0.00112. The van der Waals surface area contributed by atoms with E-state index in [2.05, 4.69) is 5.10 Å². The van der Waals surface area contributed by atoms with Gasteiger partial charge in [0.1, 0.15) is 0 Å². The van der Waals surface area contributed by atoms with Gasteiger partial charge in [-0.05, 0) is 23.6 Å². The summed E-state index contributed by atoms with van der Waals surface area (Å²) in [7, 11) is 0. The molecule has 2 rings (SSSR count). The molecule has 0 spiro atoms. The molecule has 0 radical (unpaired) electrons. The fourth-order valence-electron chi connectivity index (χ4n) is 2.26. The first kappa shape index (κ1) is 20.4. The Morgan fingerprint density at radius 3 is 2.56 bits per heavy atom. The molecule has 0 saturated carbocycles. The maximum absolute atomic E-state index is 12.0. The van der Waals surface area contributed by atoms with Crippen LogP contribution in [0.15, 0.2) is 29.4 Å². The van der Waals surface area contributed by atoms with Crippen molar-refractivity contribution in [1.82, 2.24) is 4.90 Å². The van der Waals surface area contributed by atoms with Gasteiger partial charge in [0.25, 0.3) is 0 Å². The van der Waals surface area contributed by atoms with E-state index < -0.39 is 12.1 Å². The Hall–Kier alpha value is -2.62. The van der Waals surface area contributed by atoms with Gasteiger partial charge in [0.05, 0.1) is 12.1 Å². The van der Waals surface area contributed by atoms with Crippen LogP contribution in [0.1, 0.15) is 17.5 Å². The second-order valence-corrected chi connectivity index (χ2v) is 5.31. The molecule has 1 aromatic carbocycles. The van der Waals surface area contributed by atoms with Crippen LogP contribution in [0.4, 0.5) is 13.2 Å². The SMILES string of the molecule is NC[C@@H]1CCN(Cc2cccc(C=NN)c2)C1=O.O=C(O)C(F)(F)F. The highest BCUT2D eigenvalue weighted by molar-refractivity contribution is 5.81. The molecule has 1 amide bonds. The van der Waals surface area contributed by atoms with Gasteiger partial charge in [0, 0.05) is 19.6 Å². The molecule has 1 heterocycles. The lowest BCUT2D eigenvalue weighted by Gasteiger charge is -2.16. The molecule has 0 bridgehead atoms.